The van der Waals surface area contributed by atoms with Crippen LogP contribution in [-0.4, -0.2) is 51.4 Å². The molecule has 0 radical (unpaired) electrons. The highest BCUT2D eigenvalue weighted by Crippen LogP contribution is 2.26. The van der Waals surface area contributed by atoms with Gasteiger partial charge in [0, 0.05) is 18.7 Å². The van der Waals surface area contributed by atoms with E-state index >= 15 is 0 Å². The van der Waals surface area contributed by atoms with Crippen LogP contribution >= 0.6 is 0 Å². The third kappa shape index (κ3) is 4.28. The third-order valence-corrected chi connectivity index (χ3v) is 3.53. The van der Waals surface area contributed by atoms with Crippen molar-refractivity contribution in [3.8, 4) is 0 Å². The highest BCUT2D eigenvalue weighted by molar-refractivity contribution is 5.91. The van der Waals surface area contributed by atoms with E-state index in [1.165, 1.54) is 0 Å². The largest absolute Gasteiger partial charge is 0.395 e. The maximum absolute atomic E-state index is 12.2. The number of nitrogens with one attached hydrogen (secondary N) is 1. The van der Waals surface area contributed by atoms with Crippen molar-refractivity contribution in [1.29, 1.82) is 0 Å². The molecule has 118 valence electrons. The van der Waals surface area contributed by atoms with Crippen molar-refractivity contribution < 1.29 is 9.90 Å². The average molecular weight is 294 g/mol. The summed E-state index contributed by atoms with van der Waals surface area (Å²) in [7, 11) is 0. The maximum Gasteiger partial charge on any atom is 0.239 e. The smallest absolute Gasteiger partial charge is 0.239 e. The Morgan fingerprint density at radius 2 is 2.19 bits per heavy atom. The number of rotatable bonds is 6. The van der Waals surface area contributed by atoms with E-state index in [2.05, 4.69) is 31.2 Å². The summed E-state index contributed by atoms with van der Waals surface area (Å²) in [6.07, 6.45) is 2.23. The zero-order chi connectivity index (χ0) is 15.6. The minimum absolute atomic E-state index is 0.0549. The van der Waals surface area contributed by atoms with Crippen LogP contribution in [0.2, 0.25) is 0 Å². The lowest BCUT2D eigenvalue weighted by Crippen LogP contribution is -2.37. The van der Waals surface area contributed by atoms with E-state index in [-0.39, 0.29) is 18.1 Å². The Morgan fingerprint density at radius 3 is 2.71 bits per heavy atom. The fourth-order valence-corrected chi connectivity index (χ4v) is 2.43. The van der Waals surface area contributed by atoms with Gasteiger partial charge in [-0.1, -0.05) is 0 Å². The molecule has 0 aliphatic heterocycles. The van der Waals surface area contributed by atoms with Crippen LogP contribution in [0.25, 0.3) is 0 Å². The van der Waals surface area contributed by atoms with Crippen LogP contribution in [0.15, 0.2) is 6.07 Å². The molecular weight excluding hydrogens is 268 g/mol. The Balaban J connectivity index is 2.02. The van der Waals surface area contributed by atoms with Gasteiger partial charge in [-0.2, -0.15) is 5.10 Å². The van der Waals surface area contributed by atoms with Gasteiger partial charge < -0.3 is 10.4 Å². The molecule has 1 aliphatic carbocycles. The lowest BCUT2D eigenvalue weighted by atomic mass is 10.1. The lowest BCUT2D eigenvalue weighted by Gasteiger charge is -2.24. The van der Waals surface area contributed by atoms with E-state index in [1.54, 1.807) is 0 Å². The van der Waals surface area contributed by atoms with Gasteiger partial charge in [-0.05, 0) is 40.5 Å². The predicted octanol–water partition coefficient (Wildman–Crippen LogP) is 1.34. The zero-order valence-electron chi connectivity index (χ0n) is 13.4. The van der Waals surface area contributed by atoms with Crippen molar-refractivity contribution in [2.24, 2.45) is 0 Å². The summed E-state index contributed by atoms with van der Waals surface area (Å²) >= 11 is 0. The third-order valence-electron chi connectivity index (χ3n) is 3.53. The molecule has 0 atom stereocenters. The fraction of sp³-hybridized carbons (Fsp3) is 0.733. The van der Waals surface area contributed by atoms with Gasteiger partial charge >= 0.3 is 0 Å². The fourth-order valence-electron chi connectivity index (χ4n) is 2.43. The van der Waals surface area contributed by atoms with Crippen LogP contribution < -0.4 is 5.32 Å². The van der Waals surface area contributed by atoms with Crippen LogP contribution in [0.4, 0.5) is 5.82 Å². The van der Waals surface area contributed by atoms with Crippen LogP contribution in [0.3, 0.4) is 0 Å². The van der Waals surface area contributed by atoms with E-state index < -0.39 is 0 Å². The van der Waals surface area contributed by atoms with Gasteiger partial charge in [-0.25, -0.2) is 4.68 Å². The first-order valence-corrected chi connectivity index (χ1v) is 7.53. The van der Waals surface area contributed by atoms with Crippen molar-refractivity contribution in [2.75, 3.05) is 25.0 Å². The number of aliphatic hydroxyl groups is 1. The van der Waals surface area contributed by atoms with Gasteiger partial charge in [0.2, 0.25) is 5.91 Å². The highest BCUT2D eigenvalue weighted by atomic mass is 16.3. The summed E-state index contributed by atoms with van der Waals surface area (Å²) < 4.78 is 1.84. The van der Waals surface area contributed by atoms with E-state index in [1.807, 2.05) is 22.6 Å². The molecule has 0 unspecified atom stereocenters. The second kappa shape index (κ2) is 6.15. The maximum atomic E-state index is 12.2. The van der Waals surface area contributed by atoms with E-state index in [4.69, 9.17) is 5.11 Å². The molecule has 0 aromatic carbocycles. The predicted molar refractivity (Wildman–Crippen MR) is 82.3 cm³/mol. The summed E-state index contributed by atoms with van der Waals surface area (Å²) in [6.45, 7) is 9.03. The number of hydrogen-bond donors (Lipinski definition) is 2. The van der Waals surface area contributed by atoms with Crippen molar-refractivity contribution in [3.63, 3.8) is 0 Å². The monoisotopic (exact) mass is 294 g/mol. The van der Waals surface area contributed by atoms with Crippen molar-refractivity contribution >= 4 is 11.7 Å². The van der Waals surface area contributed by atoms with Crippen LogP contribution in [0, 0.1) is 6.92 Å². The van der Waals surface area contributed by atoms with Crippen molar-refractivity contribution in [1.82, 2.24) is 14.7 Å². The zero-order valence-corrected chi connectivity index (χ0v) is 13.4. The Labute approximate surface area is 126 Å². The van der Waals surface area contributed by atoms with E-state index in [9.17, 15) is 4.79 Å². The Kier molecular flexibility index (Phi) is 4.68. The summed E-state index contributed by atoms with van der Waals surface area (Å²) in [5, 5.41) is 16.5. The molecule has 0 spiro atoms. The minimum atomic E-state index is -0.182. The van der Waals surface area contributed by atoms with E-state index in [0.717, 1.165) is 24.4 Å². The molecule has 2 N–H and O–H groups in total. The number of nitrogens with zero attached hydrogens (tertiary/aromatic N) is 3. The number of hydrogen-bond acceptors (Lipinski definition) is 4. The van der Waals surface area contributed by atoms with Gasteiger partial charge in [-0.3, -0.25) is 9.69 Å². The SMILES string of the molecule is Cc1cc(NC(=O)CN(CCO)C2CC2)n(C(C)(C)C)n1. The van der Waals surface area contributed by atoms with Gasteiger partial charge in [0.05, 0.1) is 24.4 Å². The molecule has 1 aromatic rings. The molecule has 0 bridgehead atoms. The molecule has 1 aromatic heterocycles. The molecule has 21 heavy (non-hydrogen) atoms. The molecule has 1 amide bonds. The summed E-state index contributed by atoms with van der Waals surface area (Å²) in [4.78, 5) is 14.3. The number of carbonyl (C=O) groups excluding carboxylic acids is 1. The van der Waals surface area contributed by atoms with Crippen molar-refractivity contribution in [2.45, 2.75) is 52.1 Å². The standard InChI is InChI=1S/C15H26N4O2/c1-11-9-13(19(17-11)15(2,3)4)16-14(21)10-18(7-8-20)12-5-6-12/h9,12,20H,5-8,10H2,1-4H3,(H,16,21). The molecule has 2 rings (SSSR count). The molecular formula is C15H26N4O2. The molecule has 1 saturated carbocycles. The summed E-state index contributed by atoms with van der Waals surface area (Å²) in [6, 6.07) is 2.34. The number of aromatic nitrogens is 2. The molecule has 1 fully saturated rings. The average Bonchev–Trinajstić information content (AvgIpc) is 3.12. The second-order valence-electron chi connectivity index (χ2n) is 6.73. The lowest BCUT2D eigenvalue weighted by molar-refractivity contribution is -0.117. The quantitative estimate of drug-likeness (QED) is 0.830. The van der Waals surface area contributed by atoms with Gasteiger partial charge in [0.15, 0.2) is 0 Å². The van der Waals surface area contributed by atoms with Crippen LogP contribution in [0.1, 0.15) is 39.3 Å². The molecule has 1 heterocycles. The second-order valence-corrected chi connectivity index (χ2v) is 6.73. The Morgan fingerprint density at radius 1 is 1.52 bits per heavy atom. The first kappa shape index (κ1) is 16.0. The number of carbonyl (C=O) groups is 1. The number of aliphatic hydroxyl groups excluding tert-OH is 1. The normalized spacial score (nSPS) is 15.5. The Hall–Kier alpha value is -1.40. The number of aryl methyl sites for hydroxylation is 1. The van der Waals surface area contributed by atoms with E-state index in [0.29, 0.717) is 19.1 Å². The topological polar surface area (TPSA) is 70.4 Å². The first-order valence-electron chi connectivity index (χ1n) is 7.53. The first-order chi connectivity index (χ1) is 9.81. The molecule has 1 aliphatic rings. The Bertz CT molecular complexity index is 500. The molecule has 0 saturated heterocycles. The van der Waals surface area contributed by atoms with Crippen molar-refractivity contribution in [3.05, 3.63) is 11.8 Å². The van der Waals surface area contributed by atoms with Crippen LogP contribution in [-0.2, 0) is 10.3 Å². The summed E-state index contributed by atoms with van der Waals surface area (Å²) in [5.41, 5.74) is 0.702. The molecule has 6 heteroatoms. The number of amides is 1. The molecule has 6 nitrogen and oxygen atoms in total. The minimum Gasteiger partial charge on any atom is -0.395 e. The summed E-state index contributed by atoms with van der Waals surface area (Å²) in [5.74, 6) is 0.672. The van der Waals surface area contributed by atoms with Gasteiger partial charge in [0.1, 0.15) is 5.82 Å². The number of anilines is 1. The van der Waals surface area contributed by atoms with Gasteiger partial charge in [-0.15, -0.1) is 0 Å². The highest BCUT2D eigenvalue weighted by Gasteiger charge is 2.30. The van der Waals surface area contributed by atoms with Crippen LogP contribution in [0.5, 0.6) is 0 Å². The van der Waals surface area contributed by atoms with Gasteiger partial charge in [0.25, 0.3) is 0 Å².